The molecule has 1 aromatic heterocycles. The minimum absolute atomic E-state index is 0.0786. The van der Waals surface area contributed by atoms with Crippen molar-refractivity contribution in [3.63, 3.8) is 0 Å². The summed E-state index contributed by atoms with van der Waals surface area (Å²) in [6.45, 7) is 1.69. The molecule has 1 aliphatic carbocycles. The van der Waals surface area contributed by atoms with Gasteiger partial charge in [-0.1, -0.05) is 12.1 Å². The molecule has 1 spiro atoms. The first-order valence-corrected chi connectivity index (χ1v) is 8.08. The quantitative estimate of drug-likeness (QED) is 0.895. The zero-order chi connectivity index (χ0) is 15.0. The lowest BCUT2D eigenvalue weighted by atomic mass is 9.80. The van der Waals surface area contributed by atoms with Gasteiger partial charge in [-0.05, 0) is 49.7 Å². The average Bonchev–Trinajstić information content (AvgIpc) is 3.12. The number of H-pyrrole nitrogens is 1. The normalized spacial score (nSPS) is 28.3. The third-order valence-electron chi connectivity index (χ3n) is 5.11. The second-order valence-electron chi connectivity index (χ2n) is 6.69. The first-order chi connectivity index (χ1) is 10.7. The molecule has 1 aliphatic heterocycles. The number of aromatic nitrogens is 2. The number of carbonyl (C=O) groups is 1. The highest BCUT2D eigenvalue weighted by molar-refractivity contribution is 5.92. The standard InChI is InChI=1S/C17H21N3O2/c21-15(12-6-8-17(10-12)7-3-9-22-11-17)20-16-18-13-4-1-2-5-14(13)19-16/h1-2,4-5,12H,3,6-11H2,(H2,18,19,20,21)/t12?,17-/m1/s1. The summed E-state index contributed by atoms with van der Waals surface area (Å²) in [7, 11) is 0. The van der Waals surface area contributed by atoms with E-state index >= 15 is 0 Å². The number of hydrogen-bond acceptors (Lipinski definition) is 3. The zero-order valence-corrected chi connectivity index (χ0v) is 12.6. The molecule has 5 heteroatoms. The fourth-order valence-electron chi connectivity index (χ4n) is 3.93. The van der Waals surface area contributed by atoms with Gasteiger partial charge in [-0.25, -0.2) is 4.98 Å². The molecule has 1 amide bonds. The number of aromatic amines is 1. The van der Waals surface area contributed by atoms with E-state index < -0.39 is 0 Å². The van der Waals surface area contributed by atoms with Gasteiger partial charge in [-0.3, -0.25) is 10.1 Å². The molecule has 2 aliphatic rings. The van der Waals surface area contributed by atoms with Crippen LogP contribution in [0.4, 0.5) is 5.95 Å². The number of nitrogens with one attached hydrogen (secondary N) is 2. The van der Waals surface area contributed by atoms with Crippen LogP contribution in [0.5, 0.6) is 0 Å². The summed E-state index contributed by atoms with van der Waals surface area (Å²) in [6.07, 6.45) is 5.32. The number of nitrogens with zero attached hydrogens (tertiary/aromatic N) is 1. The van der Waals surface area contributed by atoms with Gasteiger partial charge in [0.15, 0.2) is 0 Å². The van der Waals surface area contributed by atoms with Crippen molar-refractivity contribution in [2.24, 2.45) is 11.3 Å². The number of imidazole rings is 1. The van der Waals surface area contributed by atoms with Gasteiger partial charge in [-0.2, -0.15) is 0 Å². The van der Waals surface area contributed by atoms with Crippen LogP contribution < -0.4 is 5.32 Å². The van der Waals surface area contributed by atoms with E-state index in [0.29, 0.717) is 5.95 Å². The molecule has 2 fully saturated rings. The van der Waals surface area contributed by atoms with Gasteiger partial charge in [0.05, 0.1) is 17.6 Å². The third kappa shape index (κ3) is 2.50. The summed E-state index contributed by atoms with van der Waals surface area (Å²) in [4.78, 5) is 20.1. The molecular formula is C17H21N3O2. The summed E-state index contributed by atoms with van der Waals surface area (Å²) in [5, 5.41) is 2.95. The Balaban J connectivity index is 1.44. The molecule has 2 atom stereocenters. The van der Waals surface area contributed by atoms with Gasteiger partial charge in [0.2, 0.25) is 11.9 Å². The monoisotopic (exact) mass is 299 g/mol. The Morgan fingerprint density at radius 2 is 2.27 bits per heavy atom. The fraction of sp³-hybridized carbons (Fsp3) is 0.529. The summed E-state index contributed by atoms with van der Waals surface area (Å²) in [5.41, 5.74) is 2.07. The Labute approximate surface area is 129 Å². The number of hydrogen-bond donors (Lipinski definition) is 2. The Bertz CT molecular complexity index is 655. The SMILES string of the molecule is O=C(Nc1nc2ccccc2[nH]1)C1CC[C@]2(CCCOC2)C1. The van der Waals surface area contributed by atoms with Crippen molar-refractivity contribution >= 4 is 22.9 Å². The Morgan fingerprint density at radius 1 is 1.36 bits per heavy atom. The molecule has 1 saturated heterocycles. The Hall–Kier alpha value is -1.88. The van der Waals surface area contributed by atoms with E-state index in [1.807, 2.05) is 24.3 Å². The van der Waals surface area contributed by atoms with Crippen LogP contribution in [-0.2, 0) is 9.53 Å². The maximum Gasteiger partial charge on any atom is 0.229 e. The van der Waals surface area contributed by atoms with Crippen molar-refractivity contribution in [1.29, 1.82) is 0 Å². The van der Waals surface area contributed by atoms with E-state index in [4.69, 9.17) is 4.74 Å². The minimum Gasteiger partial charge on any atom is -0.381 e. The number of fused-ring (bicyclic) bond motifs is 1. The van der Waals surface area contributed by atoms with Gasteiger partial charge < -0.3 is 9.72 Å². The third-order valence-corrected chi connectivity index (χ3v) is 5.11. The van der Waals surface area contributed by atoms with E-state index in [2.05, 4.69) is 15.3 Å². The lowest BCUT2D eigenvalue weighted by molar-refractivity contribution is -0.120. The van der Waals surface area contributed by atoms with Gasteiger partial charge in [0, 0.05) is 12.5 Å². The van der Waals surface area contributed by atoms with Crippen LogP contribution in [0.2, 0.25) is 0 Å². The summed E-state index contributed by atoms with van der Waals surface area (Å²) in [5.74, 6) is 0.712. The first-order valence-electron chi connectivity index (χ1n) is 8.08. The van der Waals surface area contributed by atoms with Crippen molar-refractivity contribution in [2.75, 3.05) is 18.5 Å². The second-order valence-corrected chi connectivity index (χ2v) is 6.69. The highest BCUT2D eigenvalue weighted by Gasteiger charge is 2.43. The van der Waals surface area contributed by atoms with Gasteiger partial charge in [0.1, 0.15) is 0 Å². The highest BCUT2D eigenvalue weighted by Crippen LogP contribution is 2.47. The fourth-order valence-corrected chi connectivity index (χ4v) is 3.93. The zero-order valence-electron chi connectivity index (χ0n) is 12.6. The molecule has 1 aromatic carbocycles. The van der Waals surface area contributed by atoms with Crippen molar-refractivity contribution < 1.29 is 9.53 Å². The molecule has 2 aromatic rings. The average molecular weight is 299 g/mol. The Morgan fingerprint density at radius 3 is 3.09 bits per heavy atom. The van der Waals surface area contributed by atoms with Gasteiger partial charge >= 0.3 is 0 Å². The molecule has 116 valence electrons. The van der Waals surface area contributed by atoms with Gasteiger partial charge in [0.25, 0.3) is 0 Å². The van der Waals surface area contributed by atoms with Crippen LogP contribution in [-0.4, -0.2) is 29.1 Å². The van der Waals surface area contributed by atoms with E-state index in [0.717, 1.165) is 49.9 Å². The topological polar surface area (TPSA) is 67.0 Å². The number of amides is 1. The van der Waals surface area contributed by atoms with Crippen molar-refractivity contribution in [2.45, 2.75) is 32.1 Å². The number of carbonyl (C=O) groups excluding carboxylic acids is 1. The van der Waals surface area contributed by atoms with Crippen LogP contribution in [0.25, 0.3) is 11.0 Å². The van der Waals surface area contributed by atoms with Gasteiger partial charge in [-0.15, -0.1) is 0 Å². The molecule has 0 radical (unpaired) electrons. The molecular weight excluding hydrogens is 278 g/mol. The maximum absolute atomic E-state index is 12.5. The molecule has 4 rings (SSSR count). The van der Waals surface area contributed by atoms with Crippen LogP contribution in [0.1, 0.15) is 32.1 Å². The first kappa shape index (κ1) is 13.8. The number of anilines is 1. The van der Waals surface area contributed by atoms with Crippen molar-refractivity contribution in [3.8, 4) is 0 Å². The van der Waals surface area contributed by atoms with Crippen molar-refractivity contribution in [3.05, 3.63) is 24.3 Å². The number of para-hydroxylation sites is 2. The molecule has 0 bridgehead atoms. The number of ether oxygens (including phenoxy) is 1. The summed E-state index contributed by atoms with van der Waals surface area (Å²) in [6, 6.07) is 7.79. The molecule has 22 heavy (non-hydrogen) atoms. The summed E-state index contributed by atoms with van der Waals surface area (Å²) >= 11 is 0. The molecule has 2 N–H and O–H groups in total. The second kappa shape index (κ2) is 5.39. The molecule has 5 nitrogen and oxygen atoms in total. The Kier molecular flexibility index (Phi) is 3.37. The van der Waals surface area contributed by atoms with E-state index in [9.17, 15) is 4.79 Å². The summed E-state index contributed by atoms with van der Waals surface area (Å²) < 4.78 is 5.64. The van der Waals surface area contributed by atoms with E-state index in [1.54, 1.807) is 0 Å². The predicted octanol–water partition coefficient (Wildman–Crippen LogP) is 3.10. The molecule has 1 unspecified atom stereocenters. The molecule has 1 saturated carbocycles. The van der Waals surface area contributed by atoms with Crippen LogP contribution >= 0.6 is 0 Å². The lowest BCUT2D eigenvalue weighted by Gasteiger charge is -2.33. The van der Waals surface area contributed by atoms with Crippen molar-refractivity contribution in [1.82, 2.24) is 9.97 Å². The lowest BCUT2D eigenvalue weighted by Crippen LogP contribution is -2.30. The maximum atomic E-state index is 12.5. The van der Waals surface area contributed by atoms with Crippen LogP contribution in [0.15, 0.2) is 24.3 Å². The minimum atomic E-state index is 0.0786. The number of rotatable bonds is 2. The largest absolute Gasteiger partial charge is 0.381 e. The smallest absolute Gasteiger partial charge is 0.229 e. The molecule has 2 heterocycles. The highest BCUT2D eigenvalue weighted by atomic mass is 16.5. The van der Waals surface area contributed by atoms with Crippen LogP contribution in [0.3, 0.4) is 0 Å². The number of benzene rings is 1. The van der Waals surface area contributed by atoms with Crippen LogP contribution in [0, 0.1) is 11.3 Å². The van der Waals surface area contributed by atoms with E-state index in [-0.39, 0.29) is 17.2 Å². The van der Waals surface area contributed by atoms with E-state index in [1.165, 1.54) is 6.42 Å². The predicted molar refractivity (Wildman–Crippen MR) is 84.6 cm³/mol.